The van der Waals surface area contributed by atoms with Crippen LogP contribution < -0.4 is 9.47 Å². The van der Waals surface area contributed by atoms with Crippen molar-refractivity contribution >= 4 is 5.91 Å². The lowest BCUT2D eigenvalue weighted by Crippen LogP contribution is -2.27. The lowest BCUT2D eigenvalue weighted by atomic mass is 10.1. The summed E-state index contributed by atoms with van der Waals surface area (Å²) in [6, 6.07) is 5.96. The summed E-state index contributed by atoms with van der Waals surface area (Å²) in [5, 5.41) is 4.01. The zero-order valence-corrected chi connectivity index (χ0v) is 17.1. The van der Waals surface area contributed by atoms with Gasteiger partial charge in [0.15, 0.2) is 17.3 Å². The summed E-state index contributed by atoms with van der Waals surface area (Å²) in [4.78, 5) is 18.7. The Morgan fingerprint density at radius 1 is 1.21 bits per heavy atom. The monoisotopic (exact) mass is 387 g/mol. The van der Waals surface area contributed by atoms with Crippen LogP contribution in [0.3, 0.4) is 0 Å². The summed E-state index contributed by atoms with van der Waals surface area (Å²) in [6.07, 6.45) is 1.18. The SMILES string of the molecule is CCOc1ccc(CCN2CC(c3nc(C(C)C)no3)CC2=O)cc1OCC. The number of carbonyl (C=O) groups excluding carboxylic acids is 1. The molecule has 2 heterocycles. The van der Waals surface area contributed by atoms with Crippen molar-refractivity contribution in [3.8, 4) is 11.5 Å². The Bertz CT molecular complexity index is 803. The lowest BCUT2D eigenvalue weighted by molar-refractivity contribution is -0.127. The van der Waals surface area contributed by atoms with Crippen molar-refractivity contribution in [1.29, 1.82) is 0 Å². The van der Waals surface area contributed by atoms with Crippen LogP contribution in [-0.4, -0.2) is 47.3 Å². The Morgan fingerprint density at radius 3 is 2.64 bits per heavy atom. The largest absolute Gasteiger partial charge is 0.490 e. The van der Waals surface area contributed by atoms with Crippen LogP contribution in [0.5, 0.6) is 11.5 Å². The Hall–Kier alpha value is -2.57. The number of hydrogen-bond donors (Lipinski definition) is 0. The Labute approximate surface area is 166 Å². The minimum absolute atomic E-state index is 0.0215. The van der Waals surface area contributed by atoms with Gasteiger partial charge in [0.2, 0.25) is 11.8 Å². The average molecular weight is 387 g/mol. The molecule has 1 saturated heterocycles. The zero-order chi connectivity index (χ0) is 20.1. The van der Waals surface area contributed by atoms with Gasteiger partial charge in [0.25, 0.3) is 0 Å². The molecule has 0 bridgehead atoms. The van der Waals surface area contributed by atoms with Crippen LogP contribution in [0.4, 0.5) is 0 Å². The van der Waals surface area contributed by atoms with Gasteiger partial charge >= 0.3 is 0 Å². The second-order valence-electron chi connectivity index (χ2n) is 7.28. The third-order valence-electron chi connectivity index (χ3n) is 4.82. The van der Waals surface area contributed by atoms with E-state index >= 15 is 0 Å². The predicted octanol–water partition coefficient (Wildman–Crippen LogP) is 3.55. The highest BCUT2D eigenvalue weighted by Crippen LogP contribution is 2.30. The van der Waals surface area contributed by atoms with Gasteiger partial charge < -0.3 is 18.9 Å². The molecular formula is C21H29N3O4. The number of hydrogen-bond acceptors (Lipinski definition) is 6. The molecule has 3 rings (SSSR count). The molecule has 2 aromatic rings. The summed E-state index contributed by atoms with van der Waals surface area (Å²) >= 11 is 0. The number of aromatic nitrogens is 2. The molecule has 1 amide bonds. The molecule has 28 heavy (non-hydrogen) atoms. The summed E-state index contributed by atoms with van der Waals surface area (Å²) in [7, 11) is 0. The maximum absolute atomic E-state index is 12.4. The molecule has 0 radical (unpaired) electrons. The zero-order valence-electron chi connectivity index (χ0n) is 17.1. The van der Waals surface area contributed by atoms with Gasteiger partial charge in [-0.2, -0.15) is 4.98 Å². The Morgan fingerprint density at radius 2 is 1.96 bits per heavy atom. The highest BCUT2D eigenvalue weighted by atomic mass is 16.5. The highest BCUT2D eigenvalue weighted by Gasteiger charge is 2.34. The van der Waals surface area contributed by atoms with E-state index in [-0.39, 0.29) is 17.7 Å². The summed E-state index contributed by atoms with van der Waals surface area (Å²) in [6.45, 7) is 10.4. The molecule has 152 valence electrons. The molecule has 7 nitrogen and oxygen atoms in total. The molecule has 0 spiro atoms. The second kappa shape index (κ2) is 9.08. The smallest absolute Gasteiger partial charge is 0.232 e. The first-order valence-electron chi connectivity index (χ1n) is 10.0. The number of carbonyl (C=O) groups is 1. The Kier molecular flexibility index (Phi) is 6.54. The van der Waals surface area contributed by atoms with E-state index in [1.54, 1.807) is 0 Å². The van der Waals surface area contributed by atoms with Gasteiger partial charge in [-0.15, -0.1) is 0 Å². The number of rotatable bonds is 9. The Balaban J connectivity index is 1.61. The molecule has 1 unspecified atom stereocenters. The van der Waals surface area contributed by atoms with Crippen LogP contribution in [0.2, 0.25) is 0 Å². The van der Waals surface area contributed by atoms with Crippen LogP contribution >= 0.6 is 0 Å². The van der Waals surface area contributed by atoms with Crippen molar-refractivity contribution in [2.24, 2.45) is 0 Å². The van der Waals surface area contributed by atoms with Crippen LogP contribution in [0.15, 0.2) is 22.7 Å². The van der Waals surface area contributed by atoms with Crippen molar-refractivity contribution in [2.75, 3.05) is 26.3 Å². The average Bonchev–Trinajstić information content (AvgIpc) is 3.29. The summed E-state index contributed by atoms with van der Waals surface area (Å²) < 4.78 is 16.7. The molecule has 1 aliphatic rings. The van der Waals surface area contributed by atoms with E-state index in [1.807, 2.05) is 50.8 Å². The predicted molar refractivity (Wildman–Crippen MR) is 105 cm³/mol. The fourth-order valence-electron chi connectivity index (χ4n) is 3.32. The van der Waals surface area contributed by atoms with Gasteiger partial charge in [0, 0.05) is 25.4 Å². The lowest BCUT2D eigenvalue weighted by Gasteiger charge is -2.17. The van der Waals surface area contributed by atoms with Gasteiger partial charge in [-0.1, -0.05) is 25.1 Å². The maximum atomic E-state index is 12.4. The number of ether oxygens (including phenoxy) is 2. The quantitative estimate of drug-likeness (QED) is 0.655. The van der Waals surface area contributed by atoms with Gasteiger partial charge in [-0.05, 0) is 38.0 Å². The van der Waals surface area contributed by atoms with Crippen molar-refractivity contribution in [3.05, 3.63) is 35.5 Å². The first kappa shape index (κ1) is 20.2. The van der Waals surface area contributed by atoms with Crippen LogP contribution in [0.25, 0.3) is 0 Å². The number of benzene rings is 1. The number of likely N-dealkylation sites (tertiary alicyclic amines) is 1. The molecule has 1 atom stereocenters. The molecule has 1 aliphatic heterocycles. The van der Waals surface area contributed by atoms with E-state index in [0.717, 1.165) is 23.5 Å². The van der Waals surface area contributed by atoms with E-state index in [1.165, 1.54) is 0 Å². The first-order valence-corrected chi connectivity index (χ1v) is 10.0. The summed E-state index contributed by atoms with van der Waals surface area (Å²) in [5.74, 6) is 3.09. The van der Waals surface area contributed by atoms with E-state index in [2.05, 4.69) is 10.1 Å². The number of nitrogens with zero attached hydrogens (tertiary/aromatic N) is 3. The van der Waals surface area contributed by atoms with E-state index < -0.39 is 0 Å². The van der Waals surface area contributed by atoms with E-state index in [0.29, 0.717) is 44.4 Å². The van der Waals surface area contributed by atoms with Crippen molar-refractivity contribution in [2.45, 2.75) is 52.4 Å². The van der Waals surface area contributed by atoms with Crippen LogP contribution in [-0.2, 0) is 11.2 Å². The fourth-order valence-corrected chi connectivity index (χ4v) is 3.32. The molecule has 0 N–H and O–H groups in total. The third-order valence-corrected chi connectivity index (χ3v) is 4.82. The highest BCUT2D eigenvalue weighted by molar-refractivity contribution is 5.79. The number of amides is 1. The van der Waals surface area contributed by atoms with Crippen molar-refractivity contribution < 1.29 is 18.8 Å². The van der Waals surface area contributed by atoms with Gasteiger partial charge in [0.1, 0.15) is 0 Å². The minimum atomic E-state index is -0.0215. The normalized spacial score (nSPS) is 16.8. The van der Waals surface area contributed by atoms with E-state index in [9.17, 15) is 4.79 Å². The van der Waals surface area contributed by atoms with Crippen LogP contribution in [0, 0.1) is 0 Å². The molecule has 0 saturated carbocycles. The third kappa shape index (κ3) is 4.64. The fraction of sp³-hybridized carbons (Fsp3) is 0.571. The first-order chi connectivity index (χ1) is 13.5. The molecule has 7 heteroatoms. The van der Waals surface area contributed by atoms with Crippen molar-refractivity contribution in [1.82, 2.24) is 15.0 Å². The molecule has 1 fully saturated rings. The molecule has 1 aromatic carbocycles. The second-order valence-corrected chi connectivity index (χ2v) is 7.28. The summed E-state index contributed by atoms with van der Waals surface area (Å²) in [5.41, 5.74) is 1.11. The van der Waals surface area contributed by atoms with Crippen LogP contribution in [0.1, 0.15) is 63.2 Å². The standard InChI is InChI=1S/C21H29N3O4/c1-5-26-17-8-7-15(11-18(17)27-6-2)9-10-24-13-16(12-19(24)25)21-22-20(14(3)4)23-28-21/h7-8,11,14,16H,5-6,9-10,12-13H2,1-4H3. The van der Waals surface area contributed by atoms with Crippen molar-refractivity contribution in [3.63, 3.8) is 0 Å². The maximum Gasteiger partial charge on any atom is 0.232 e. The van der Waals surface area contributed by atoms with Gasteiger partial charge in [-0.3, -0.25) is 4.79 Å². The molecule has 0 aliphatic carbocycles. The van der Waals surface area contributed by atoms with Gasteiger partial charge in [0.05, 0.1) is 19.1 Å². The van der Waals surface area contributed by atoms with Gasteiger partial charge in [-0.25, -0.2) is 0 Å². The molecule has 1 aromatic heterocycles. The topological polar surface area (TPSA) is 77.7 Å². The molecular weight excluding hydrogens is 358 g/mol. The minimum Gasteiger partial charge on any atom is -0.490 e. The van der Waals surface area contributed by atoms with E-state index in [4.69, 9.17) is 14.0 Å².